The Morgan fingerprint density at radius 1 is 1.42 bits per heavy atom. The van der Waals surface area contributed by atoms with E-state index in [0.29, 0.717) is 29.6 Å². The summed E-state index contributed by atoms with van der Waals surface area (Å²) < 4.78 is 32.8. The first-order valence-corrected chi connectivity index (χ1v) is 7.76. The molecule has 0 aliphatic carbocycles. The van der Waals surface area contributed by atoms with Gasteiger partial charge >= 0.3 is 0 Å². The summed E-state index contributed by atoms with van der Waals surface area (Å²) in [5, 5.41) is 0.683. The number of hydrogen-bond donors (Lipinski definition) is 0. The van der Waals surface area contributed by atoms with Gasteiger partial charge in [-0.2, -0.15) is 0 Å². The first-order valence-electron chi connectivity index (χ1n) is 5.45. The molecule has 0 spiro atoms. The molecular formula is C12H11ClO5S. The van der Waals surface area contributed by atoms with E-state index in [2.05, 4.69) is 4.74 Å². The summed E-state index contributed by atoms with van der Waals surface area (Å²) in [6.45, 7) is 2.40. The van der Waals surface area contributed by atoms with E-state index in [1.807, 2.05) is 6.92 Å². The van der Waals surface area contributed by atoms with Crippen molar-refractivity contribution in [3.63, 3.8) is 0 Å². The Morgan fingerprint density at radius 2 is 2.16 bits per heavy atom. The molecule has 0 unspecified atom stereocenters. The highest BCUT2D eigenvalue weighted by atomic mass is 35.7. The molecule has 0 N–H and O–H groups in total. The van der Waals surface area contributed by atoms with Crippen molar-refractivity contribution in [1.82, 2.24) is 0 Å². The lowest BCUT2D eigenvalue weighted by molar-refractivity contribution is -0.128. The second-order valence-corrected chi connectivity index (χ2v) is 6.53. The van der Waals surface area contributed by atoms with Gasteiger partial charge in [-0.3, -0.25) is 4.79 Å². The normalized spacial score (nSPS) is 11.7. The number of fused-ring (bicyclic) bond motifs is 1. The number of carbonyl (C=O) groups excluding carboxylic acids is 1. The molecule has 0 aliphatic heterocycles. The average molecular weight is 303 g/mol. The summed E-state index contributed by atoms with van der Waals surface area (Å²) >= 11 is 0. The molecule has 102 valence electrons. The van der Waals surface area contributed by atoms with E-state index in [1.165, 1.54) is 12.1 Å². The fourth-order valence-electron chi connectivity index (χ4n) is 1.84. The van der Waals surface area contributed by atoms with Gasteiger partial charge in [0, 0.05) is 22.5 Å². The van der Waals surface area contributed by atoms with Crippen LogP contribution in [0, 0.1) is 6.92 Å². The summed E-state index contributed by atoms with van der Waals surface area (Å²) in [5.74, 6) is 0.654. The van der Waals surface area contributed by atoms with Crippen molar-refractivity contribution in [3.8, 4) is 0 Å². The average Bonchev–Trinajstić information content (AvgIpc) is 2.66. The van der Waals surface area contributed by atoms with Crippen molar-refractivity contribution in [2.75, 3.05) is 6.61 Å². The van der Waals surface area contributed by atoms with Crippen LogP contribution in [0.3, 0.4) is 0 Å². The van der Waals surface area contributed by atoms with Crippen molar-refractivity contribution in [2.45, 2.75) is 18.2 Å². The molecule has 1 aromatic carbocycles. The third-order valence-corrected chi connectivity index (χ3v) is 4.15. The molecule has 0 saturated carbocycles. The Balaban J connectivity index is 2.43. The number of benzene rings is 1. The van der Waals surface area contributed by atoms with Crippen LogP contribution in [0.1, 0.15) is 11.3 Å². The molecule has 5 nitrogen and oxygen atoms in total. The summed E-state index contributed by atoms with van der Waals surface area (Å²) in [5.41, 5.74) is 1.38. The number of ether oxygens (including phenoxy) is 1. The summed E-state index contributed by atoms with van der Waals surface area (Å²) in [4.78, 5) is 10.1. The van der Waals surface area contributed by atoms with Gasteiger partial charge in [-0.25, -0.2) is 8.42 Å². The Labute approximate surface area is 114 Å². The predicted molar refractivity (Wildman–Crippen MR) is 69.7 cm³/mol. The lowest BCUT2D eigenvalue weighted by Crippen LogP contribution is -1.96. The largest absolute Gasteiger partial charge is 0.467 e. The highest BCUT2D eigenvalue weighted by Gasteiger charge is 2.15. The number of carbonyl (C=O) groups is 1. The number of furan rings is 1. The lowest BCUT2D eigenvalue weighted by Gasteiger charge is -1.97. The van der Waals surface area contributed by atoms with E-state index in [-0.39, 0.29) is 11.5 Å². The summed E-state index contributed by atoms with van der Waals surface area (Å²) in [6, 6.07) is 4.42. The molecule has 0 atom stereocenters. The van der Waals surface area contributed by atoms with Gasteiger partial charge in [-0.1, -0.05) is 0 Å². The number of hydrogen-bond acceptors (Lipinski definition) is 5. The van der Waals surface area contributed by atoms with Gasteiger partial charge in [0.05, 0.1) is 11.5 Å². The van der Waals surface area contributed by atoms with Crippen LogP contribution in [0.5, 0.6) is 0 Å². The van der Waals surface area contributed by atoms with Crippen LogP contribution in [0.15, 0.2) is 27.5 Å². The van der Waals surface area contributed by atoms with E-state index >= 15 is 0 Å². The van der Waals surface area contributed by atoms with E-state index in [9.17, 15) is 13.2 Å². The molecule has 1 aromatic heterocycles. The predicted octanol–water partition coefficient (Wildman–Crippen LogP) is 2.38. The summed E-state index contributed by atoms with van der Waals surface area (Å²) in [7, 11) is 1.54. The molecule has 1 heterocycles. The minimum absolute atomic E-state index is 0.0289. The van der Waals surface area contributed by atoms with Gasteiger partial charge in [0.2, 0.25) is 0 Å². The van der Waals surface area contributed by atoms with Crippen LogP contribution >= 0.6 is 10.7 Å². The Kier molecular flexibility index (Phi) is 3.82. The van der Waals surface area contributed by atoms with E-state index in [0.717, 1.165) is 5.56 Å². The van der Waals surface area contributed by atoms with Crippen LogP contribution in [-0.4, -0.2) is 21.5 Å². The van der Waals surface area contributed by atoms with E-state index < -0.39 is 9.05 Å². The van der Waals surface area contributed by atoms with Gasteiger partial charge in [0.15, 0.2) is 0 Å². The molecule has 0 aliphatic rings. The molecule has 0 fully saturated rings. The maximum Gasteiger partial charge on any atom is 0.293 e. The highest BCUT2D eigenvalue weighted by Crippen LogP contribution is 2.29. The fourth-order valence-corrected chi connectivity index (χ4v) is 2.62. The molecule has 0 amide bonds. The summed E-state index contributed by atoms with van der Waals surface area (Å²) in [6.07, 6.45) is 0.433. The van der Waals surface area contributed by atoms with E-state index in [4.69, 9.17) is 15.1 Å². The van der Waals surface area contributed by atoms with Crippen molar-refractivity contribution < 1.29 is 22.4 Å². The fraction of sp³-hybridized carbons (Fsp3) is 0.250. The zero-order valence-corrected chi connectivity index (χ0v) is 11.6. The van der Waals surface area contributed by atoms with Gasteiger partial charge < -0.3 is 9.15 Å². The van der Waals surface area contributed by atoms with Crippen LogP contribution in [-0.2, 0) is 25.0 Å². The standard InChI is InChI=1S/C12H11ClO5S/c1-8-10-6-9(19(13,15)16)2-3-12(10)18-11(8)4-5-17-7-14/h2-3,6-7H,4-5H2,1H3. The molecule has 7 heteroatoms. The first-order chi connectivity index (χ1) is 8.93. The molecule has 0 bridgehead atoms. The maximum absolute atomic E-state index is 11.3. The topological polar surface area (TPSA) is 73.6 Å². The number of rotatable bonds is 5. The minimum Gasteiger partial charge on any atom is -0.467 e. The third-order valence-electron chi connectivity index (χ3n) is 2.80. The van der Waals surface area contributed by atoms with Crippen molar-refractivity contribution in [1.29, 1.82) is 0 Å². The SMILES string of the molecule is Cc1c(CCOC=O)oc2ccc(S(=O)(=O)Cl)cc12. The molecule has 0 radical (unpaired) electrons. The number of aryl methyl sites for hydroxylation is 1. The van der Waals surface area contributed by atoms with Crippen LogP contribution in [0.2, 0.25) is 0 Å². The zero-order chi connectivity index (χ0) is 14.0. The van der Waals surface area contributed by atoms with Crippen molar-refractivity contribution in [2.24, 2.45) is 0 Å². The van der Waals surface area contributed by atoms with Gasteiger partial charge in [0.1, 0.15) is 11.3 Å². The Hall–Kier alpha value is -1.53. The lowest BCUT2D eigenvalue weighted by atomic mass is 10.1. The Bertz CT molecular complexity index is 717. The van der Waals surface area contributed by atoms with Crippen molar-refractivity contribution >= 4 is 37.2 Å². The smallest absolute Gasteiger partial charge is 0.293 e. The second-order valence-electron chi connectivity index (χ2n) is 3.96. The molecule has 19 heavy (non-hydrogen) atoms. The van der Waals surface area contributed by atoms with Gasteiger partial charge in [-0.05, 0) is 30.7 Å². The minimum atomic E-state index is -3.76. The second kappa shape index (κ2) is 5.22. The quantitative estimate of drug-likeness (QED) is 0.481. The molecule has 2 aromatic rings. The molecule has 2 rings (SSSR count). The maximum atomic E-state index is 11.3. The van der Waals surface area contributed by atoms with Crippen LogP contribution in [0.25, 0.3) is 11.0 Å². The van der Waals surface area contributed by atoms with Gasteiger partial charge in [0.25, 0.3) is 15.5 Å². The van der Waals surface area contributed by atoms with Crippen LogP contribution in [0.4, 0.5) is 0 Å². The molecule has 0 saturated heterocycles. The zero-order valence-electron chi connectivity index (χ0n) is 10.1. The Morgan fingerprint density at radius 3 is 2.79 bits per heavy atom. The van der Waals surface area contributed by atoms with E-state index in [1.54, 1.807) is 6.07 Å². The first kappa shape index (κ1) is 13.9. The van der Waals surface area contributed by atoms with Gasteiger partial charge in [-0.15, -0.1) is 0 Å². The highest BCUT2D eigenvalue weighted by molar-refractivity contribution is 8.13. The number of halogens is 1. The van der Waals surface area contributed by atoms with Crippen molar-refractivity contribution in [3.05, 3.63) is 29.5 Å². The van der Waals surface area contributed by atoms with Crippen LogP contribution < -0.4 is 0 Å². The third kappa shape index (κ3) is 2.90. The molecular weight excluding hydrogens is 292 g/mol. The monoisotopic (exact) mass is 302 g/mol.